The van der Waals surface area contributed by atoms with Gasteiger partial charge in [-0.1, -0.05) is 56.3 Å². The largest absolute Gasteiger partial charge is 0.494 e. The van der Waals surface area contributed by atoms with Gasteiger partial charge in [-0.05, 0) is 73.4 Å². The van der Waals surface area contributed by atoms with Gasteiger partial charge in [0.15, 0.2) is 5.82 Å². The highest BCUT2D eigenvalue weighted by molar-refractivity contribution is 6.00. The molecule has 0 spiro atoms. The molecule has 2 aromatic heterocycles. The molecule has 0 saturated heterocycles. The van der Waals surface area contributed by atoms with E-state index in [1.165, 1.54) is 16.8 Å². The topological polar surface area (TPSA) is 90.5 Å². The number of nitrogens with zero attached hydrogens (tertiary/aromatic N) is 4. The molecule has 0 saturated carbocycles. The first kappa shape index (κ1) is 30.5. The summed E-state index contributed by atoms with van der Waals surface area (Å²) in [4.78, 5) is 31.8. The Bertz CT molecular complexity index is 2180. The van der Waals surface area contributed by atoms with Crippen molar-refractivity contribution in [3.63, 3.8) is 0 Å². The highest BCUT2D eigenvalue weighted by atomic mass is 19.1. The number of fused-ring (bicyclic) bond motifs is 2. The molecule has 1 amide bonds. The van der Waals surface area contributed by atoms with E-state index in [1.54, 1.807) is 41.2 Å². The Kier molecular flexibility index (Phi) is 8.48. The predicted octanol–water partition coefficient (Wildman–Crippen LogP) is 7.51. The van der Waals surface area contributed by atoms with Crippen molar-refractivity contribution < 1.29 is 13.9 Å². The Morgan fingerprint density at radius 1 is 1.02 bits per heavy atom. The average Bonchev–Trinajstić information content (AvgIpc) is 3.38. The lowest BCUT2D eigenvalue weighted by atomic mass is 9.96. The van der Waals surface area contributed by atoms with E-state index < -0.39 is 5.82 Å². The lowest BCUT2D eigenvalue weighted by molar-refractivity contribution is -0.116. The van der Waals surface area contributed by atoms with Gasteiger partial charge in [0.1, 0.15) is 18.1 Å². The molecule has 0 fully saturated rings. The quantitative estimate of drug-likeness (QED) is 0.171. The number of para-hydroxylation sites is 3. The van der Waals surface area contributed by atoms with Crippen LogP contribution < -0.4 is 15.6 Å². The molecule has 9 heteroatoms. The number of rotatable bonds is 9. The van der Waals surface area contributed by atoms with Gasteiger partial charge in [-0.2, -0.15) is 9.78 Å². The van der Waals surface area contributed by atoms with Crippen LogP contribution in [-0.2, 0) is 11.3 Å². The second-order valence-corrected chi connectivity index (χ2v) is 11.4. The number of hydrogen-bond donors (Lipinski definition) is 1. The molecule has 0 aliphatic carbocycles. The van der Waals surface area contributed by atoms with Crippen LogP contribution in [0.25, 0.3) is 33.2 Å². The second kappa shape index (κ2) is 12.8. The molecule has 0 radical (unpaired) electrons. The number of halogens is 1. The number of nitrogens with one attached hydrogen (secondary N) is 1. The van der Waals surface area contributed by atoms with Crippen molar-refractivity contribution in [3.8, 4) is 17.1 Å². The van der Waals surface area contributed by atoms with Crippen molar-refractivity contribution in [3.05, 3.63) is 124 Å². The Balaban J connectivity index is 1.45. The zero-order valence-electron chi connectivity index (χ0n) is 26.1. The van der Waals surface area contributed by atoms with Crippen molar-refractivity contribution >= 4 is 39.6 Å². The van der Waals surface area contributed by atoms with Crippen LogP contribution in [-0.4, -0.2) is 33.0 Å². The Hall–Kier alpha value is -5.57. The number of hydrogen-bond acceptors (Lipinski definition) is 5. The number of anilines is 1. The van der Waals surface area contributed by atoms with Gasteiger partial charge in [0.05, 0.1) is 29.4 Å². The van der Waals surface area contributed by atoms with Gasteiger partial charge < -0.3 is 14.6 Å². The van der Waals surface area contributed by atoms with Crippen LogP contribution in [0.5, 0.6) is 5.75 Å². The molecule has 1 N–H and O–H groups in total. The van der Waals surface area contributed by atoms with Gasteiger partial charge in [-0.25, -0.2) is 9.37 Å². The van der Waals surface area contributed by atoms with Crippen molar-refractivity contribution in [2.75, 3.05) is 11.9 Å². The SMILES string of the molecule is CCOc1cc(C)c(-c2nc3ccccc3c(=O)n2N=Cc2cn(CC(=O)Nc3ccccc3F)c3ccccc23)cc1C(C)C. The maximum absolute atomic E-state index is 14.2. The molecule has 6 aromatic rings. The first-order valence-electron chi connectivity index (χ1n) is 15.2. The van der Waals surface area contributed by atoms with Crippen LogP contribution in [0.15, 0.2) is 101 Å². The minimum atomic E-state index is -0.505. The number of amides is 1. The van der Waals surface area contributed by atoms with E-state index in [0.29, 0.717) is 28.9 Å². The van der Waals surface area contributed by atoms with Crippen LogP contribution in [0, 0.1) is 12.7 Å². The van der Waals surface area contributed by atoms with E-state index in [-0.39, 0.29) is 29.6 Å². The number of carbonyl (C=O) groups excluding carboxylic acids is 1. The molecule has 6 rings (SSSR count). The molecule has 4 aromatic carbocycles. The Morgan fingerprint density at radius 2 is 1.74 bits per heavy atom. The van der Waals surface area contributed by atoms with Crippen molar-refractivity contribution in [1.82, 2.24) is 14.2 Å². The van der Waals surface area contributed by atoms with Crippen LogP contribution >= 0.6 is 0 Å². The average molecular weight is 616 g/mol. The van der Waals surface area contributed by atoms with Gasteiger partial charge in [-0.15, -0.1) is 0 Å². The van der Waals surface area contributed by atoms with Gasteiger partial charge >= 0.3 is 0 Å². The standard InChI is InChI=1S/C37H34FN5O3/c1-5-46-34-18-24(4)29(19-28(34)23(2)3)36-41-31-15-9-6-13-27(31)37(45)43(36)39-20-25-21-42(33-17-11-7-12-26(25)33)22-35(44)40-32-16-10-8-14-30(32)38/h6-21,23H,5,22H2,1-4H3,(H,40,44). The Labute approximate surface area is 265 Å². The molecule has 0 bridgehead atoms. The zero-order valence-corrected chi connectivity index (χ0v) is 26.1. The normalized spacial score (nSPS) is 11.6. The summed E-state index contributed by atoms with van der Waals surface area (Å²) in [6.07, 6.45) is 3.41. The van der Waals surface area contributed by atoms with Gasteiger partial charge in [0.2, 0.25) is 5.91 Å². The fourth-order valence-electron chi connectivity index (χ4n) is 5.61. The molecular formula is C37H34FN5O3. The third-order valence-corrected chi connectivity index (χ3v) is 7.87. The highest BCUT2D eigenvalue weighted by Crippen LogP contribution is 2.34. The molecule has 0 unspecified atom stereocenters. The van der Waals surface area contributed by atoms with E-state index in [0.717, 1.165) is 33.3 Å². The summed E-state index contributed by atoms with van der Waals surface area (Å²) in [5.41, 5.74) is 4.57. The molecule has 8 nitrogen and oxygen atoms in total. The summed E-state index contributed by atoms with van der Waals surface area (Å²) in [6, 6.07) is 24.9. The minimum absolute atomic E-state index is 0.0469. The second-order valence-electron chi connectivity index (χ2n) is 11.4. The summed E-state index contributed by atoms with van der Waals surface area (Å²) in [5.74, 6) is 0.513. The fourth-order valence-corrected chi connectivity index (χ4v) is 5.61. The molecule has 0 aliphatic heterocycles. The summed E-state index contributed by atoms with van der Waals surface area (Å²) in [6.45, 7) is 8.62. The summed E-state index contributed by atoms with van der Waals surface area (Å²) < 4.78 is 23.2. The first-order valence-corrected chi connectivity index (χ1v) is 15.2. The summed E-state index contributed by atoms with van der Waals surface area (Å²) >= 11 is 0. The van der Waals surface area contributed by atoms with E-state index in [2.05, 4.69) is 19.2 Å². The van der Waals surface area contributed by atoms with Crippen LogP contribution in [0.3, 0.4) is 0 Å². The number of aromatic nitrogens is 3. The fraction of sp³-hybridized carbons (Fsp3) is 0.189. The van der Waals surface area contributed by atoms with E-state index >= 15 is 0 Å². The molecule has 2 heterocycles. The van der Waals surface area contributed by atoms with E-state index in [1.807, 2.05) is 62.4 Å². The number of benzene rings is 4. The maximum Gasteiger partial charge on any atom is 0.282 e. The first-order chi connectivity index (χ1) is 22.2. The van der Waals surface area contributed by atoms with Crippen molar-refractivity contribution in [2.45, 2.75) is 40.2 Å². The third-order valence-electron chi connectivity index (χ3n) is 7.87. The van der Waals surface area contributed by atoms with Gasteiger partial charge in [0.25, 0.3) is 5.56 Å². The van der Waals surface area contributed by atoms with E-state index in [4.69, 9.17) is 14.8 Å². The predicted molar refractivity (Wildman–Crippen MR) is 181 cm³/mol. The molecule has 0 atom stereocenters. The molecular weight excluding hydrogens is 581 g/mol. The van der Waals surface area contributed by atoms with Crippen LogP contribution in [0.4, 0.5) is 10.1 Å². The number of aryl methyl sites for hydroxylation is 1. The number of carbonyl (C=O) groups is 1. The van der Waals surface area contributed by atoms with Crippen LogP contribution in [0.2, 0.25) is 0 Å². The highest BCUT2D eigenvalue weighted by Gasteiger charge is 2.19. The Morgan fingerprint density at radius 3 is 2.50 bits per heavy atom. The zero-order chi connectivity index (χ0) is 32.4. The van der Waals surface area contributed by atoms with Gasteiger partial charge in [-0.3, -0.25) is 9.59 Å². The smallest absolute Gasteiger partial charge is 0.282 e. The number of ether oxygens (including phenoxy) is 1. The van der Waals surface area contributed by atoms with Crippen LogP contribution in [0.1, 0.15) is 43.4 Å². The molecule has 0 aliphatic rings. The van der Waals surface area contributed by atoms with Crippen molar-refractivity contribution in [1.29, 1.82) is 0 Å². The maximum atomic E-state index is 14.2. The lowest BCUT2D eigenvalue weighted by Crippen LogP contribution is -2.21. The summed E-state index contributed by atoms with van der Waals surface area (Å²) in [5, 5.41) is 8.65. The van der Waals surface area contributed by atoms with E-state index in [9.17, 15) is 14.0 Å². The van der Waals surface area contributed by atoms with Gasteiger partial charge in [0, 0.05) is 28.2 Å². The third kappa shape index (κ3) is 5.91. The summed E-state index contributed by atoms with van der Waals surface area (Å²) in [7, 11) is 0. The molecule has 232 valence electrons. The lowest BCUT2D eigenvalue weighted by Gasteiger charge is -2.18. The monoisotopic (exact) mass is 615 g/mol. The molecule has 46 heavy (non-hydrogen) atoms. The minimum Gasteiger partial charge on any atom is -0.494 e. The van der Waals surface area contributed by atoms with Crippen molar-refractivity contribution in [2.24, 2.45) is 5.10 Å².